The van der Waals surface area contributed by atoms with Gasteiger partial charge in [0.25, 0.3) is 0 Å². The first-order valence-corrected chi connectivity index (χ1v) is 6.96. The molecular weight excluding hydrogens is 266 g/mol. The van der Waals surface area contributed by atoms with Gasteiger partial charge in [0.15, 0.2) is 0 Å². The highest BCUT2D eigenvalue weighted by atomic mass is 16.5. The predicted molar refractivity (Wildman–Crippen MR) is 80.8 cm³/mol. The van der Waals surface area contributed by atoms with Gasteiger partial charge in [0.1, 0.15) is 11.9 Å². The van der Waals surface area contributed by atoms with Crippen molar-refractivity contribution in [2.24, 2.45) is 0 Å². The van der Waals surface area contributed by atoms with Gasteiger partial charge in [-0.1, -0.05) is 48.0 Å². The lowest BCUT2D eigenvalue weighted by Crippen LogP contribution is -2.33. The summed E-state index contributed by atoms with van der Waals surface area (Å²) in [4.78, 5) is 10.6. The van der Waals surface area contributed by atoms with Crippen LogP contribution < -0.4 is 10.1 Å². The summed E-state index contributed by atoms with van der Waals surface area (Å²) < 4.78 is 5.95. The molecule has 2 aromatic carbocycles. The van der Waals surface area contributed by atoms with Crippen LogP contribution in [0, 0.1) is 6.92 Å². The number of hydrogen-bond acceptors (Lipinski definition) is 2. The van der Waals surface area contributed by atoms with Crippen LogP contribution in [0.1, 0.15) is 11.1 Å². The molecule has 108 valence electrons. The van der Waals surface area contributed by atoms with Crippen LogP contribution in [0.4, 0.5) is 4.79 Å². The zero-order valence-electron chi connectivity index (χ0n) is 11.8. The normalized spacial score (nSPS) is 16.1. The maximum atomic E-state index is 10.6. The standard InChI is InChI=1S/C17H17NO3/c1-11-5-7-12(8-6-11)15-4-2-3-13-9-14(21-16(13)15)10-18-17(19)20/h2-8,14,18H,9-10H2,1H3,(H,19,20). The number of nitrogens with one attached hydrogen (secondary N) is 1. The van der Waals surface area contributed by atoms with Crippen molar-refractivity contribution < 1.29 is 14.6 Å². The molecule has 1 heterocycles. The Morgan fingerprint density at radius 1 is 1.29 bits per heavy atom. The monoisotopic (exact) mass is 283 g/mol. The van der Waals surface area contributed by atoms with Crippen molar-refractivity contribution in [1.29, 1.82) is 0 Å². The first-order valence-electron chi connectivity index (χ1n) is 6.96. The van der Waals surface area contributed by atoms with Gasteiger partial charge >= 0.3 is 6.09 Å². The van der Waals surface area contributed by atoms with Crippen LogP contribution >= 0.6 is 0 Å². The van der Waals surface area contributed by atoms with Crippen molar-refractivity contribution in [2.75, 3.05) is 6.54 Å². The van der Waals surface area contributed by atoms with Crippen molar-refractivity contribution >= 4 is 6.09 Å². The first kappa shape index (κ1) is 13.5. The van der Waals surface area contributed by atoms with E-state index in [0.717, 1.165) is 28.9 Å². The number of benzene rings is 2. The van der Waals surface area contributed by atoms with Gasteiger partial charge in [-0.05, 0) is 18.1 Å². The summed E-state index contributed by atoms with van der Waals surface area (Å²) in [6.07, 6.45) is -0.425. The molecule has 4 heteroatoms. The third-order valence-electron chi connectivity index (χ3n) is 3.67. The van der Waals surface area contributed by atoms with Gasteiger partial charge in [0, 0.05) is 12.0 Å². The molecule has 0 saturated carbocycles. The molecule has 0 fully saturated rings. The molecule has 0 radical (unpaired) electrons. The van der Waals surface area contributed by atoms with Crippen molar-refractivity contribution in [1.82, 2.24) is 5.32 Å². The highest BCUT2D eigenvalue weighted by Crippen LogP contribution is 2.38. The average molecular weight is 283 g/mol. The number of hydrogen-bond donors (Lipinski definition) is 2. The molecule has 2 N–H and O–H groups in total. The van der Waals surface area contributed by atoms with Crippen LogP contribution in [0.25, 0.3) is 11.1 Å². The molecule has 0 aliphatic carbocycles. The first-order chi connectivity index (χ1) is 10.1. The van der Waals surface area contributed by atoms with Gasteiger partial charge in [0.2, 0.25) is 0 Å². The number of carboxylic acid groups (broad SMARTS) is 1. The Morgan fingerprint density at radius 2 is 2.05 bits per heavy atom. The van der Waals surface area contributed by atoms with E-state index >= 15 is 0 Å². The van der Waals surface area contributed by atoms with Crippen LogP contribution in [0.2, 0.25) is 0 Å². The molecule has 1 unspecified atom stereocenters. The van der Waals surface area contributed by atoms with Crippen molar-refractivity contribution in [3.8, 4) is 16.9 Å². The lowest BCUT2D eigenvalue weighted by Gasteiger charge is -2.12. The lowest BCUT2D eigenvalue weighted by molar-refractivity contribution is 0.181. The highest BCUT2D eigenvalue weighted by Gasteiger charge is 2.25. The van der Waals surface area contributed by atoms with Gasteiger partial charge in [-0.25, -0.2) is 4.79 Å². The van der Waals surface area contributed by atoms with Gasteiger partial charge in [-0.3, -0.25) is 0 Å². The maximum Gasteiger partial charge on any atom is 0.404 e. The van der Waals surface area contributed by atoms with Gasteiger partial charge < -0.3 is 15.2 Å². The molecular formula is C17H17NO3. The van der Waals surface area contributed by atoms with Gasteiger partial charge in [0.05, 0.1) is 6.54 Å². The van der Waals surface area contributed by atoms with Crippen LogP contribution in [0.3, 0.4) is 0 Å². The van der Waals surface area contributed by atoms with Gasteiger partial charge in [-0.15, -0.1) is 0 Å². The topological polar surface area (TPSA) is 58.6 Å². The minimum atomic E-state index is -1.02. The zero-order valence-corrected chi connectivity index (χ0v) is 11.8. The predicted octanol–water partition coefficient (Wildman–Crippen LogP) is 3.23. The molecule has 4 nitrogen and oxygen atoms in total. The van der Waals surface area contributed by atoms with Crippen LogP contribution in [0.15, 0.2) is 42.5 Å². The van der Waals surface area contributed by atoms with E-state index < -0.39 is 6.09 Å². The second-order valence-electron chi connectivity index (χ2n) is 5.29. The molecule has 21 heavy (non-hydrogen) atoms. The highest BCUT2D eigenvalue weighted by molar-refractivity contribution is 5.73. The number of aryl methyl sites for hydroxylation is 1. The largest absolute Gasteiger partial charge is 0.487 e. The maximum absolute atomic E-state index is 10.6. The van der Waals surface area contributed by atoms with E-state index in [9.17, 15) is 4.79 Å². The molecule has 1 aliphatic heterocycles. The Labute approximate surface area is 123 Å². The van der Waals surface area contributed by atoms with Crippen LogP contribution in [-0.2, 0) is 6.42 Å². The Hall–Kier alpha value is -2.49. The minimum Gasteiger partial charge on any atom is -0.487 e. The van der Waals surface area contributed by atoms with E-state index in [4.69, 9.17) is 9.84 Å². The van der Waals surface area contributed by atoms with Gasteiger partial charge in [-0.2, -0.15) is 0 Å². The zero-order chi connectivity index (χ0) is 14.8. The van der Waals surface area contributed by atoms with E-state index in [1.165, 1.54) is 5.56 Å². The summed E-state index contributed by atoms with van der Waals surface area (Å²) >= 11 is 0. The summed E-state index contributed by atoms with van der Waals surface area (Å²) in [6.45, 7) is 2.36. The Morgan fingerprint density at radius 3 is 2.76 bits per heavy atom. The molecule has 3 rings (SSSR count). The van der Waals surface area contributed by atoms with Crippen LogP contribution in [-0.4, -0.2) is 23.8 Å². The van der Waals surface area contributed by atoms with Crippen molar-refractivity contribution in [2.45, 2.75) is 19.4 Å². The number of ether oxygens (including phenoxy) is 1. The Kier molecular flexibility index (Phi) is 3.52. The summed E-state index contributed by atoms with van der Waals surface area (Å²) in [5.74, 6) is 0.874. The van der Waals surface area contributed by atoms with E-state index in [0.29, 0.717) is 6.54 Å². The fourth-order valence-electron chi connectivity index (χ4n) is 2.61. The second kappa shape index (κ2) is 5.48. The van der Waals surface area contributed by atoms with E-state index in [1.54, 1.807) is 0 Å². The fraction of sp³-hybridized carbons (Fsp3) is 0.235. The summed E-state index contributed by atoms with van der Waals surface area (Å²) in [5.41, 5.74) is 4.52. The molecule has 0 saturated heterocycles. The van der Waals surface area contributed by atoms with Crippen LogP contribution in [0.5, 0.6) is 5.75 Å². The summed E-state index contributed by atoms with van der Waals surface area (Å²) in [7, 11) is 0. The molecule has 1 aliphatic rings. The summed E-state index contributed by atoms with van der Waals surface area (Å²) in [6, 6.07) is 14.4. The number of carbonyl (C=O) groups is 1. The fourth-order valence-corrected chi connectivity index (χ4v) is 2.61. The molecule has 0 aromatic heterocycles. The number of para-hydroxylation sites is 1. The lowest BCUT2D eigenvalue weighted by atomic mass is 10.00. The SMILES string of the molecule is Cc1ccc(-c2cccc3c2OC(CNC(=O)O)C3)cc1. The second-order valence-corrected chi connectivity index (χ2v) is 5.29. The quantitative estimate of drug-likeness (QED) is 0.909. The van der Waals surface area contributed by atoms with E-state index in [-0.39, 0.29) is 6.10 Å². The number of fused-ring (bicyclic) bond motifs is 1. The third kappa shape index (κ3) is 2.84. The smallest absolute Gasteiger partial charge is 0.404 e. The van der Waals surface area contributed by atoms with E-state index in [1.807, 2.05) is 18.2 Å². The Balaban J connectivity index is 1.86. The molecule has 2 aromatic rings. The molecule has 0 spiro atoms. The number of amides is 1. The average Bonchev–Trinajstić information content (AvgIpc) is 2.89. The van der Waals surface area contributed by atoms with Crippen molar-refractivity contribution in [3.05, 3.63) is 53.6 Å². The van der Waals surface area contributed by atoms with E-state index in [2.05, 4.69) is 36.5 Å². The molecule has 1 amide bonds. The summed E-state index contributed by atoms with van der Waals surface area (Å²) in [5, 5.41) is 11.1. The third-order valence-corrected chi connectivity index (χ3v) is 3.67. The molecule has 1 atom stereocenters. The number of rotatable bonds is 3. The molecule has 0 bridgehead atoms. The minimum absolute atomic E-state index is 0.136. The van der Waals surface area contributed by atoms with Crippen molar-refractivity contribution in [3.63, 3.8) is 0 Å². The Bertz CT molecular complexity index is 664.